The maximum atomic E-state index is 12.4. The largest absolute Gasteiger partial charge is 0.332 e. The molecule has 2 aromatic carbocycles. The first kappa shape index (κ1) is 21.0. The Morgan fingerprint density at radius 3 is 2.29 bits per heavy atom. The second kappa shape index (κ2) is 9.05. The highest BCUT2D eigenvalue weighted by Gasteiger charge is 2.18. The van der Waals surface area contributed by atoms with Crippen LogP contribution in [0.1, 0.15) is 29.8 Å². The molecule has 28 heavy (non-hydrogen) atoms. The van der Waals surface area contributed by atoms with Crippen molar-refractivity contribution in [3.8, 4) is 0 Å². The van der Waals surface area contributed by atoms with E-state index in [2.05, 4.69) is 16.0 Å². The summed E-state index contributed by atoms with van der Waals surface area (Å²) in [5, 5.41) is 19.2. The second-order valence-corrected chi connectivity index (χ2v) is 6.75. The second-order valence-electron chi connectivity index (χ2n) is 6.34. The van der Waals surface area contributed by atoms with Crippen LogP contribution in [-0.2, 0) is 4.79 Å². The highest BCUT2D eigenvalue weighted by Crippen LogP contribution is 2.21. The predicted molar refractivity (Wildman–Crippen MR) is 111 cm³/mol. The van der Waals surface area contributed by atoms with Crippen LogP contribution in [0.3, 0.4) is 0 Å². The first-order chi connectivity index (χ1) is 13.2. The van der Waals surface area contributed by atoms with Crippen molar-refractivity contribution in [3.05, 3.63) is 63.7 Å². The van der Waals surface area contributed by atoms with E-state index in [9.17, 15) is 19.7 Å². The fourth-order valence-electron chi connectivity index (χ4n) is 2.36. The summed E-state index contributed by atoms with van der Waals surface area (Å²) < 4.78 is 0. The van der Waals surface area contributed by atoms with Gasteiger partial charge in [-0.3, -0.25) is 25.0 Å². The summed E-state index contributed by atoms with van der Waals surface area (Å²) in [5.41, 5.74) is 1.44. The van der Waals surface area contributed by atoms with Gasteiger partial charge in [-0.05, 0) is 43.4 Å². The number of nitro groups is 1. The topological polar surface area (TPSA) is 113 Å². The van der Waals surface area contributed by atoms with Gasteiger partial charge in [0.25, 0.3) is 11.6 Å². The number of nitrogens with one attached hydrogen (secondary N) is 3. The van der Waals surface area contributed by atoms with Gasteiger partial charge in [-0.25, -0.2) is 0 Å². The molecule has 0 atom stereocenters. The molecule has 0 aliphatic carbocycles. The number of hydrogen-bond donors (Lipinski definition) is 3. The number of hydrogen-bond acceptors (Lipinski definition) is 5. The molecule has 0 spiro atoms. The van der Waals surface area contributed by atoms with E-state index in [0.717, 1.165) is 0 Å². The molecular formula is C19H20N4O4S. The molecular weight excluding hydrogens is 380 g/mol. The average molecular weight is 400 g/mol. The van der Waals surface area contributed by atoms with E-state index in [4.69, 9.17) is 12.2 Å². The Kier molecular flexibility index (Phi) is 6.78. The van der Waals surface area contributed by atoms with E-state index < -0.39 is 10.8 Å². The number of amides is 2. The molecule has 9 heteroatoms. The van der Waals surface area contributed by atoms with Crippen LogP contribution in [0.15, 0.2) is 42.5 Å². The monoisotopic (exact) mass is 400 g/mol. The van der Waals surface area contributed by atoms with Gasteiger partial charge in [0, 0.05) is 34.5 Å². The zero-order valence-corrected chi connectivity index (χ0v) is 16.4. The van der Waals surface area contributed by atoms with Crippen molar-refractivity contribution in [2.24, 2.45) is 5.92 Å². The lowest BCUT2D eigenvalue weighted by molar-refractivity contribution is -0.385. The number of nitrogens with zero attached hydrogens (tertiary/aromatic N) is 1. The minimum Gasteiger partial charge on any atom is -0.332 e. The van der Waals surface area contributed by atoms with Gasteiger partial charge < -0.3 is 10.6 Å². The Hall–Kier alpha value is -3.33. The number of nitro benzene ring substituents is 1. The van der Waals surface area contributed by atoms with Gasteiger partial charge in [0.2, 0.25) is 5.91 Å². The third kappa shape index (κ3) is 5.34. The molecule has 0 aromatic heterocycles. The number of anilines is 2. The predicted octanol–water partition coefficient (Wildman–Crippen LogP) is 3.62. The van der Waals surface area contributed by atoms with Gasteiger partial charge in [-0.2, -0.15) is 0 Å². The van der Waals surface area contributed by atoms with Crippen LogP contribution in [-0.4, -0.2) is 21.9 Å². The third-order valence-corrected chi connectivity index (χ3v) is 4.09. The fraction of sp³-hybridized carbons (Fsp3) is 0.211. The maximum Gasteiger partial charge on any atom is 0.273 e. The third-order valence-electron chi connectivity index (χ3n) is 3.89. The summed E-state index contributed by atoms with van der Waals surface area (Å²) in [4.78, 5) is 34.7. The Bertz CT molecular complexity index is 943. The summed E-state index contributed by atoms with van der Waals surface area (Å²) in [5.74, 6) is -0.827. The van der Waals surface area contributed by atoms with Gasteiger partial charge >= 0.3 is 0 Å². The summed E-state index contributed by atoms with van der Waals surface area (Å²) in [7, 11) is 0. The van der Waals surface area contributed by atoms with Crippen molar-refractivity contribution >= 4 is 46.2 Å². The molecule has 0 aliphatic rings. The van der Waals surface area contributed by atoms with Crippen molar-refractivity contribution in [2.75, 3.05) is 10.6 Å². The highest BCUT2D eigenvalue weighted by molar-refractivity contribution is 7.80. The summed E-state index contributed by atoms with van der Waals surface area (Å²) in [6.07, 6.45) is 0. The van der Waals surface area contributed by atoms with Crippen molar-refractivity contribution in [3.63, 3.8) is 0 Å². The Labute approximate surface area is 167 Å². The van der Waals surface area contributed by atoms with E-state index >= 15 is 0 Å². The molecule has 0 bridgehead atoms. The van der Waals surface area contributed by atoms with E-state index in [-0.39, 0.29) is 33.8 Å². The first-order valence-electron chi connectivity index (χ1n) is 8.46. The summed E-state index contributed by atoms with van der Waals surface area (Å²) in [6, 6.07) is 11.1. The minimum atomic E-state index is -0.553. The number of carbonyl (C=O) groups is 2. The molecule has 3 N–H and O–H groups in total. The number of rotatable bonds is 5. The van der Waals surface area contributed by atoms with Crippen molar-refractivity contribution < 1.29 is 14.5 Å². The lowest BCUT2D eigenvalue weighted by Gasteiger charge is -2.13. The van der Waals surface area contributed by atoms with E-state index in [0.29, 0.717) is 11.4 Å². The SMILES string of the molecule is Cc1c(C(=O)NC(=S)Nc2cccc(NC(=O)C(C)C)c2)cccc1[N+](=O)[O-]. The molecule has 0 fully saturated rings. The molecule has 0 aliphatic heterocycles. The molecule has 2 rings (SSSR count). The van der Waals surface area contributed by atoms with Crippen LogP contribution < -0.4 is 16.0 Å². The molecule has 8 nitrogen and oxygen atoms in total. The lowest BCUT2D eigenvalue weighted by atomic mass is 10.1. The molecule has 2 aromatic rings. The summed E-state index contributed by atoms with van der Waals surface area (Å²) in [6.45, 7) is 5.08. The minimum absolute atomic E-state index is 0.0308. The van der Waals surface area contributed by atoms with Crippen LogP contribution in [0.2, 0.25) is 0 Å². The van der Waals surface area contributed by atoms with E-state index in [1.807, 2.05) is 0 Å². The van der Waals surface area contributed by atoms with Crippen LogP contribution in [0.4, 0.5) is 17.1 Å². The molecule has 0 saturated heterocycles. The van der Waals surface area contributed by atoms with Gasteiger partial charge in [-0.15, -0.1) is 0 Å². The molecule has 146 valence electrons. The smallest absolute Gasteiger partial charge is 0.273 e. The van der Waals surface area contributed by atoms with Crippen LogP contribution in [0.5, 0.6) is 0 Å². The van der Waals surface area contributed by atoms with E-state index in [1.165, 1.54) is 25.1 Å². The van der Waals surface area contributed by atoms with E-state index in [1.54, 1.807) is 38.1 Å². The number of thiocarbonyl (C=S) groups is 1. The van der Waals surface area contributed by atoms with Gasteiger partial charge in [0.15, 0.2) is 5.11 Å². The maximum absolute atomic E-state index is 12.4. The summed E-state index contributed by atoms with van der Waals surface area (Å²) >= 11 is 5.15. The zero-order valence-electron chi connectivity index (χ0n) is 15.6. The fourth-order valence-corrected chi connectivity index (χ4v) is 2.57. The average Bonchev–Trinajstić information content (AvgIpc) is 2.61. The van der Waals surface area contributed by atoms with Crippen molar-refractivity contribution in [1.29, 1.82) is 0 Å². The molecule has 0 saturated carbocycles. The lowest BCUT2D eigenvalue weighted by Crippen LogP contribution is -2.34. The van der Waals surface area contributed by atoms with Crippen LogP contribution in [0, 0.1) is 23.0 Å². The molecule has 0 radical (unpaired) electrons. The highest BCUT2D eigenvalue weighted by atomic mass is 32.1. The molecule has 2 amide bonds. The van der Waals surface area contributed by atoms with Gasteiger partial charge in [-0.1, -0.05) is 26.0 Å². The first-order valence-corrected chi connectivity index (χ1v) is 8.87. The zero-order chi connectivity index (χ0) is 20.8. The van der Waals surface area contributed by atoms with Crippen LogP contribution >= 0.6 is 12.2 Å². The standard InChI is InChI=1S/C19H20N4O4S/c1-11(2)17(24)20-13-6-4-7-14(10-13)21-19(28)22-18(25)15-8-5-9-16(12(15)3)23(26)27/h4-11H,1-3H3,(H,20,24)(H2,21,22,25,28). The Morgan fingerprint density at radius 1 is 1.07 bits per heavy atom. The van der Waals surface area contributed by atoms with Crippen LogP contribution in [0.25, 0.3) is 0 Å². The normalized spacial score (nSPS) is 10.3. The number of carbonyl (C=O) groups excluding carboxylic acids is 2. The van der Waals surface area contributed by atoms with Crippen molar-refractivity contribution in [2.45, 2.75) is 20.8 Å². The number of benzene rings is 2. The Morgan fingerprint density at radius 2 is 1.68 bits per heavy atom. The van der Waals surface area contributed by atoms with Gasteiger partial charge in [0.1, 0.15) is 0 Å². The Balaban J connectivity index is 2.07. The molecule has 0 heterocycles. The van der Waals surface area contributed by atoms with Gasteiger partial charge in [0.05, 0.1) is 4.92 Å². The van der Waals surface area contributed by atoms with Crippen molar-refractivity contribution in [1.82, 2.24) is 5.32 Å². The quantitative estimate of drug-likeness (QED) is 0.401. The molecule has 0 unspecified atom stereocenters.